The van der Waals surface area contributed by atoms with Gasteiger partial charge in [0.15, 0.2) is 0 Å². The van der Waals surface area contributed by atoms with E-state index in [0.717, 1.165) is 5.56 Å². The van der Waals surface area contributed by atoms with Crippen LogP contribution in [0.3, 0.4) is 0 Å². The van der Waals surface area contributed by atoms with Crippen molar-refractivity contribution in [1.82, 2.24) is 0 Å². The van der Waals surface area contributed by atoms with E-state index in [-0.39, 0.29) is 30.4 Å². The van der Waals surface area contributed by atoms with Gasteiger partial charge in [0.05, 0.1) is 11.4 Å². The minimum atomic E-state index is -0.897. The normalized spacial score (nSPS) is 14.8. The van der Waals surface area contributed by atoms with E-state index in [2.05, 4.69) is 0 Å². The third-order valence-corrected chi connectivity index (χ3v) is 6.07. The standard InChI is InChI=1S/C27H26N2O3/c1-27(2,20-12-6-3-7-13-20)24(30)19-18-23-25(31)28(21-14-8-4-9-15-21)29(26(23)32)22-16-10-5-11-17-22/h3-17,23H,18-19H2,1-2H3. The van der Waals surface area contributed by atoms with Crippen LogP contribution in [0, 0.1) is 5.92 Å². The maximum atomic E-state index is 13.4. The molecule has 0 aromatic heterocycles. The number of amides is 2. The first kappa shape index (κ1) is 21.5. The predicted molar refractivity (Wildman–Crippen MR) is 125 cm³/mol. The molecule has 0 N–H and O–H groups in total. The number of carbonyl (C=O) groups is 3. The van der Waals surface area contributed by atoms with Crippen LogP contribution < -0.4 is 10.0 Å². The molecular formula is C27H26N2O3. The van der Waals surface area contributed by atoms with Gasteiger partial charge in [-0.1, -0.05) is 66.7 Å². The number of ketones is 1. The van der Waals surface area contributed by atoms with Crippen molar-refractivity contribution in [3.8, 4) is 0 Å². The van der Waals surface area contributed by atoms with E-state index >= 15 is 0 Å². The molecule has 0 saturated carbocycles. The van der Waals surface area contributed by atoms with E-state index in [1.54, 1.807) is 24.3 Å². The summed E-state index contributed by atoms with van der Waals surface area (Å²) in [4.78, 5) is 39.9. The molecule has 0 aliphatic carbocycles. The first-order valence-corrected chi connectivity index (χ1v) is 10.8. The van der Waals surface area contributed by atoms with Crippen molar-refractivity contribution in [3.05, 3.63) is 96.6 Å². The van der Waals surface area contributed by atoms with E-state index in [0.29, 0.717) is 11.4 Å². The van der Waals surface area contributed by atoms with Gasteiger partial charge in [0.25, 0.3) is 11.8 Å². The molecule has 4 rings (SSSR count). The number of carbonyl (C=O) groups excluding carboxylic acids is 3. The summed E-state index contributed by atoms with van der Waals surface area (Å²) in [6.45, 7) is 3.77. The zero-order valence-electron chi connectivity index (χ0n) is 18.3. The second kappa shape index (κ2) is 8.79. The summed E-state index contributed by atoms with van der Waals surface area (Å²) < 4.78 is 0. The Hall–Kier alpha value is -3.73. The molecule has 32 heavy (non-hydrogen) atoms. The van der Waals surface area contributed by atoms with Gasteiger partial charge in [-0.05, 0) is 50.1 Å². The van der Waals surface area contributed by atoms with E-state index in [4.69, 9.17) is 0 Å². The lowest BCUT2D eigenvalue weighted by atomic mass is 9.78. The lowest BCUT2D eigenvalue weighted by Crippen LogP contribution is -2.41. The number of nitrogens with zero attached hydrogens (tertiary/aromatic N) is 2. The molecule has 0 spiro atoms. The SMILES string of the molecule is CC(C)(C(=O)CCC1C(=O)N(c2ccccc2)N(c2ccccc2)C1=O)c1ccccc1. The quantitative estimate of drug-likeness (QED) is 0.504. The van der Waals surface area contributed by atoms with Crippen molar-refractivity contribution in [2.45, 2.75) is 32.1 Å². The minimum absolute atomic E-state index is 0.00808. The molecule has 1 fully saturated rings. The number of hydrazine groups is 1. The number of Topliss-reactive ketones (excluding diaryl/α,β-unsaturated/α-hetero) is 1. The molecule has 1 aliphatic rings. The highest BCUT2D eigenvalue weighted by molar-refractivity contribution is 6.23. The summed E-state index contributed by atoms with van der Waals surface area (Å²) in [7, 11) is 0. The van der Waals surface area contributed by atoms with Gasteiger partial charge < -0.3 is 0 Å². The van der Waals surface area contributed by atoms with E-state index in [9.17, 15) is 14.4 Å². The summed E-state index contributed by atoms with van der Waals surface area (Å²) in [5, 5.41) is 2.85. The predicted octanol–water partition coefficient (Wildman–Crippen LogP) is 4.92. The summed E-state index contributed by atoms with van der Waals surface area (Å²) in [6, 6.07) is 27.8. The maximum absolute atomic E-state index is 13.4. The molecule has 0 atom stereocenters. The van der Waals surface area contributed by atoms with Crippen LogP contribution in [0.2, 0.25) is 0 Å². The monoisotopic (exact) mass is 426 g/mol. The number of para-hydroxylation sites is 2. The van der Waals surface area contributed by atoms with Crippen LogP contribution in [0.5, 0.6) is 0 Å². The average molecular weight is 427 g/mol. The fourth-order valence-corrected chi connectivity index (χ4v) is 4.07. The van der Waals surface area contributed by atoms with E-state index in [1.165, 1.54) is 10.0 Å². The molecule has 0 radical (unpaired) electrons. The average Bonchev–Trinajstić information content (AvgIpc) is 3.08. The van der Waals surface area contributed by atoms with Crippen LogP contribution in [0.4, 0.5) is 11.4 Å². The molecule has 2 amide bonds. The smallest absolute Gasteiger partial charge is 0.258 e. The van der Waals surface area contributed by atoms with Crippen molar-refractivity contribution in [3.63, 3.8) is 0 Å². The number of benzene rings is 3. The Balaban J connectivity index is 1.59. The molecule has 3 aromatic carbocycles. The third-order valence-electron chi connectivity index (χ3n) is 6.07. The summed E-state index contributed by atoms with van der Waals surface area (Å²) in [5.41, 5.74) is 1.47. The third kappa shape index (κ3) is 3.94. The first-order chi connectivity index (χ1) is 15.4. The van der Waals surface area contributed by atoms with Crippen LogP contribution in [0.1, 0.15) is 32.3 Å². The Morgan fingerprint density at radius 3 is 1.56 bits per heavy atom. The Labute approximate surface area is 188 Å². The number of anilines is 2. The molecule has 1 aliphatic heterocycles. The van der Waals surface area contributed by atoms with Crippen molar-refractivity contribution < 1.29 is 14.4 Å². The molecule has 0 bridgehead atoms. The molecule has 5 nitrogen and oxygen atoms in total. The molecule has 1 heterocycles. The van der Waals surface area contributed by atoms with Gasteiger partial charge in [0, 0.05) is 11.8 Å². The largest absolute Gasteiger partial charge is 0.299 e. The van der Waals surface area contributed by atoms with Crippen LogP contribution in [0.15, 0.2) is 91.0 Å². The highest BCUT2D eigenvalue weighted by Crippen LogP contribution is 2.34. The Morgan fingerprint density at radius 2 is 1.12 bits per heavy atom. The highest BCUT2D eigenvalue weighted by atomic mass is 16.2. The zero-order valence-corrected chi connectivity index (χ0v) is 18.3. The fraction of sp³-hybridized carbons (Fsp3) is 0.222. The van der Waals surface area contributed by atoms with Gasteiger partial charge in [-0.3, -0.25) is 14.4 Å². The summed E-state index contributed by atoms with van der Waals surface area (Å²) in [6.07, 6.45) is 0.328. The van der Waals surface area contributed by atoms with Gasteiger partial charge >= 0.3 is 0 Å². The van der Waals surface area contributed by atoms with Crippen molar-refractivity contribution in [2.75, 3.05) is 10.0 Å². The number of hydrogen-bond donors (Lipinski definition) is 0. The van der Waals surface area contributed by atoms with Crippen LogP contribution in [0.25, 0.3) is 0 Å². The molecule has 3 aromatic rings. The van der Waals surface area contributed by atoms with Crippen molar-refractivity contribution >= 4 is 29.0 Å². The van der Waals surface area contributed by atoms with Gasteiger partial charge in [0.2, 0.25) is 0 Å². The molecular weight excluding hydrogens is 400 g/mol. The van der Waals surface area contributed by atoms with Crippen molar-refractivity contribution in [1.29, 1.82) is 0 Å². The Kier molecular flexibility index (Phi) is 5.91. The van der Waals surface area contributed by atoms with E-state index in [1.807, 2.05) is 80.6 Å². The van der Waals surface area contributed by atoms with Crippen LogP contribution in [-0.4, -0.2) is 17.6 Å². The lowest BCUT2D eigenvalue weighted by Gasteiger charge is -2.27. The van der Waals surface area contributed by atoms with Crippen LogP contribution in [-0.2, 0) is 19.8 Å². The van der Waals surface area contributed by atoms with Gasteiger partial charge in [0.1, 0.15) is 11.7 Å². The van der Waals surface area contributed by atoms with Gasteiger partial charge in [-0.2, -0.15) is 0 Å². The topological polar surface area (TPSA) is 57.7 Å². The lowest BCUT2D eigenvalue weighted by molar-refractivity contribution is -0.128. The molecule has 1 saturated heterocycles. The zero-order chi connectivity index (χ0) is 22.7. The first-order valence-electron chi connectivity index (χ1n) is 10.8. The highest BCUT2D eigenvalue weighted by Gasteiger charge is 2.47. The summed E-state index contributed by atoms with van der Waals surface area (Å²) >= 11 is 0. The number of hydrogen-bond acceptors (Lipinski definition) is 3. The summed E-state index contributed by atoms with van der Waals surface area (Å²) in [5.74, 6) is -1.51. The van der Waals surface area contributed by atoms with Gasteiger partial charge in [-0.15, -0.1) is 0 Å². The van der Waals surface area contributed by atoms with Crippen LogP contribution >= 0.6 is 0 Å². The van der Waals surface area contributed by atoms with Crippen molar-refractivity contribution in [2.24, 2.45) is 5.92 Å². The molecule has 0 unspecified atom stereocenters. The van der Waals surface area contributed by atoms with E-state index < -0.39 is 11.3 Å². The maximum Gasteiger partial charge on any atom is 0.258 e. The number of rotatable bonds is 7. The fourth-order valence-electron chi connectivity index (χ4n) is 4.07. The second-order valence-electron chi connectivity index (χ2n) is 8.48. The second-order valence-corrected chi connectivity index (χ2v) is 8.48. The van der Waals surface area contributed by atoms with Gasteiger partial charge in [-0.25, -0.2) is 10.0 Å². The molecule has 162 valence electrons. The Bertz CT molecular complexity index is 1050. The molecule has 5 heteroatoms. The Morgan fingerprint density at radius 1 is 0.719 bits per heavy atom. The minimum Gasteiger partial charge on any atom is -0.299 e.